The Labute approximate surface area is 155 Å². The highest BCUT2D eigenvalue weighted by Crippen LogP contribution is 2.39. The number of amides is 1. The number of halogens is 3. The van der Waals surface area contributed by atoms with Crippen molar-refractivity contribution in [1.29, 1.82) is 0 Å². The van der Waals surface area contributed by atoms with Gasteiger partial charge in [0, 0.05) is 23.7 Å². The molecule has 2 aromatic rings. The zero-order chi connectivity index (χ0) is 18.0. The van der Waals surface area contributed by atoms with Gasteiger partial charge in [0.25, 0.3) is 0 Å². The van der Waals surface area contributed by atoms with Gasteiger partial charge in [0.05, 0.1) is 10.7 Å². The van der Waals surface area contributed by atoms with Crippen molar-refractivity contribution in [2.75, 3.05) is 4.90 Å². The lowest BCUT2D eigenvalue weighted by atomic mass is 9.94. The Morgan fingerprint density at radius 1 is 1.12 bits per heavy atom. The summed E-state index contributed by atoms with van der Waals surface area (Å²) in [5.41, 5.74) is 0.312. The predicted molar refractivity (Wildman–Crippen MR) is 99.1 cm³/mol. The summed E-state index contributed by atoms with van der Waals surface area (Å²) >= 11 is 12.4. The maximum Gasteiger partial charge on any atom is 0.219 e. The number of benzene rings is 2. The molecule has 128 valence electrons. The first-order valence-corrected chi connectivity index (χ1v) is 8.33. The lowest BCUT2D eigenvalue weighted by molar-refractivity contribution is -0.120. The van der Waals surface area contributed by atoms with Crippen LogP contribution in [0.25, 0.3) is 0 Å². The minimum absolute atomic E-state index is 0.237. The average Bonchev–Trinajstić information content (AvgIpc) is 2.56. The van der Waals surface area contributed by atoms with Gasteiger partial charge in [-0.15, -0.1) is 0 Å². The Kier molecular flexibility index (Phi) is 4.84. The molecule has 1 aliphatic rings. The molecule has 3 nitrogen and oxygen atoms in total. The van der Waals surface area contributed by atoms with Crippen molar-refractivity contribution in [3.63, 3.8) is 0 Å². The van der Waals surface area contributed by atoms with Crippen molar-refractivity contribution in [3.05, 3.63) is 88.3 Å². The van der Waals surface area contributed by atoms with Gasteiger partial charge in [-0.05, 0) is 42.5 Å². The van der Waals surface area contributed by atoms with Crippen LogP contribution in [-0.2, 0) is 10.5 Å². The molecular formula is C19H15Cl2FN2O. The van der Waals surface area contributed by atoms with Gasteiger partial charge >= 0.3 is 0 Å². The molecule has 0 spiro atoms. The van der Waals surface area contributed by atoms with E-state index < -0.39 is 5.66 Å². The number of nitrogens with one attached hydrogen (secondary N) is 1. The molecule has 25 heavy (non-hydrogen) atoms. The fourth-order valence-electron chi connectivity index (χ4n) is 2.86. The average molecular weight is 377 g/mol. The maximum atomic E-state index is 13.4. The molecule has 2 aromatic carbocycles. The molecule has 0 saturated heterocycles. The molecule has 1 aliphatic heterocycles. The Hall–Kier alpha value is -2.30. The first-order chi connectivity index (χ1) is 11.9. The number of anilines is 1. The lowest BCUT2D eigenvalue weighted by Crippen LogP contribution is -2.55. The molecule has 0 saturated carbocycles. The van der Waals surface area contributed by atoms with Crippen molar-refractivity contribution in [2.45, 2.75) is 12.6 Å². The topological polar surface area (TPSA) is 32.3 Å². The molecule has 0 aliphatic carbocycles. The normalized spacial score (nSPS) is 19.1. The number of rotatable bonds is 3. The SMILES string of the molecule is CC(=O)NC1(c2ccc(F)cc2)C=CC=CN1c1ccc(Cl)cc1Cl. The maximum absolute atomic E-state index is 13.4. The van der Waals surface area contributed by atoms with Crippen LogP contribution < -0.4 is 10.2 Å². The van der Waals surface area contributed by atoms with E-state index in [1.165, 1.54) is 19.1 Å². The second-order valence-corrected chi connectivity index (χ2v) is 6.46. The van der Waals surface area contributed by atoms with Crippen LogP contribution in [0.4, 0.5) is 10.1 Å². The molecule has 1 N–H and O–H groups in total. The molecule has 3 rings (SSSR count). The third kappa shape index (κ3) is 3.41. The fraction of sp³-hybridized carbons (Fsp3) is 0.105. The van der Waals surface area contributed by atoms with Crippen molar-refractivity contribution >= 4 is 34.8 Å². The first kappa shape index (κ1) is 17.5. The van der Waals surface area contributed by atoms with Crippen LogP contribution >= 0.6 is 23.2 Å². The third-order valence-electron chi connectivity index (χ3n) is 3.88. The zero-order valence-corrected chi connectivity index (χ0v) is 14.9. The van der Waals surface area contributed by atoms with Crippen molar-refractivity contribution in [2.24, 2.45) is 0 Å². The summed E-state index contributed by atoms with van der Waals surface area (Å²) in [6.45, 7) is 1.43. The highest BCUT2D eigenvalue weighted by molar-refractivity contribution is 6.36. The Morgan fingerprint density at radius 3 is 2.48 bits per heavy atom. The fourth-order valence-corrected chi connectivity index (χ4v) is 3.36. The van der Waals surface area contributed by atoms with Gasteiger partial charge in [-0.1, -0.05) is 41.4 Å². The summed E-state index contributed by atoms with van der Waals surface area (Å²) in [5, 5.41) is 3.90. The highest BCUT2D eigenvalue weighted by Gasteiger charge is 2.38. The van der Waals surface area contributed by atoms with E-state index in [0.717, 1.165) is 0 Å². The van der Waals surface area contributed by atoms with Gasteiger partial charge in [0.2, 0.25) is 5.91 Å². The summed E-state index contributed by atoms with van der Waals surface area (Å²) in [5.74, 6) is -0.590. The summed E-state index contributed by atoms with van der Waals surface area (Å²) in [6, 6.07) is 11.1. The lowest BCUT2D eigenvalue weighted by Gasteiger charge is -2.44. The van der Waals surface area contributed by atoms with Crippen LogP contribution in [0.5, 0.6) is 0 Å². The molecule has 1 heterocycles. The summed E-state index contributed by atoms with van der Waals surface area (Å²) < 4.78 is 13.4. The van der Waals surface area contributed by atoms with Gasteiger partial charge in [-0.3, -0.25) is 4.79 Å². The Morgan fingerprint density at radius 2 is 1.84 bits per heavy atom. The minimum atomic E-state index is -1.04. The van der Waals surface area contributed by atoms with Crippen LogP contribution in [0.2, 0.25) is 10.0 Å². The van der Waals surface area contributed by atoms with E-state index in [0.29, 0.717) is 21.3 Å². The van der Waals surface area contributed by atoms with E-state index in [1.807, 2.05) is 23.1 Å². The predicted octanol–water partition coefficient (Wildman–Crippen LogP) is 5.01. The van der Waals surface area contributed by atoms with Gasteiger partial charge in [0.15, 0.2) is 5.66 Å². The number of hydrogen-bond donors (Lipinski definition) is 1. The highest BCUT2D eigenvalue weighted by atomic mass is 35.5. The first-order valence-electron chi connectivity index (χ1n) is 7.57. The van der Waals surface area contributed by atoms with Crippen LogP contribution in [0.15, 0.2) is 66.9 Å². The standard InChI is InChI=1S/C19H15Cl2FN2O/c1-13(25)23-19(14-4-7-16(22)8-5-14)10-2-3-11-24(19)18-9-6-15(20)12-17(18)21/h2-12H,1H3,(H,23,25). The number of hydrogen-bond acceptors (Lipinski definition) is 2. The number of allylic oxidation sites excluding steroid dienone is 2. The van der Waals surface area contributed by atoms with Gasteiger partial charge in [-0.2, -0.15) is 0 Å². The van der Waals surface area contributed by atoms with Crippen LogP contribution in [0.1, 0.15) is 12.5 Å². The van der Waals surface area contributed by atoms with Crippen LogP contribution in [-0.4, -0.2) is 5.91 Å². The van der Waals surface area contributed by atoms with E-state index in [-0.39, 0.29) is 11.7 Å². The quantitative estimate of drug-likeness (QED) is 0.816. The minimum Gasteiger partial charge on any atom is -0.326 e. The monoisotopic (exact) mass is 376 g/mol. The summed E-state index contributed by atoms with van der Waals surface area (Å²) in [6.07, 6.45) is 7.27. The molecule has 0 bridgehead atoms. The molecule has 0 aromatic heterocycles. The number of carbonyl (C=O) groups excluding carboxylic acids is 1. The third-order valence-corrected chi connectivity index (χ3v) is 4.42. The van der Waals surface area contributed by atoms with Crippen molar-refractivity contribution < 1.29 is 9.18 Å². The Balaban J connectivity index is 2.19. The molecule has 1 amide bonds. The van der Waals surface area contributed by atoms with Crippen molar-refractivity contribution in [3.8, 4) is 0 Å². The number of carbonyl (C=O) groups is 1. The zero-order valence-electron chi connectivity index (χ0n) is 13.3. The van der Waals surface area contributed by atoms with E-state index >= 15 is 0 Å². The van der Waals surface area contributed by atoms with Crippen LogP contribution in [0.3, 0.4) is 0 Å². The van der Waals surface area contributed by atoms with Gasteiger partial charge in [0.1, 0.15) is 5.82 Å². The molecule has 0 radical (unpaired) electrons. The van der Waals surface area contributed by atoms with E-state index in [4.69, 9.17) is 23.2 Å². The molecular weight excluding hydrogens is 362 g/mol. The van der Waals surface area contributed by atoms with E-state index in [1.54, 1.807) is 36.5 Å². The van der Waals surface area contributed by atoms with E-state index in [9.17, 15) is 9.18 Å². The summed E-state index contributed by atoms with van der Waals surface area (Å²) in [4.78, 5) is 13.8. The summed E-state index contributed by atoms with van der Waals surface area (Å²) in [7, 11) is 0. The van der Waals surface area contributed by atoms with Gasteiger partial charge in [-0.25, -0.2) is 4.39 Å². The Bertz CT molecular complexity index is 864. The largest absolute Gasteiger partial charge is 0.326 e. The van der Waals surface area contributed by atoms with Crippen LogP contribution in [0, 0.1) is 5.82 Å². The molecule has 6 heteroatoms. The molecule has 1 atom stereocenters. The molecule has 0 fully saturated rings. The smallest absolute Gasteiger partial charge is 0.219 e. The van der Waals surface area contributed by atoms with Gasteiger partial charge < -0.3 is 10.2 Å². The van der Waals surface area contributed by atoms with E-state index in [2.05, 4.69) is 5.32 Å². The second kappa shape index (κ2) is 6.90. The van der Waals surface area contributed by atoms with Crippen molar-refractivity contribution in [1.82, 2.24) is 5.32 Å². The number of nitrogens with zero attached hydrogens (tertiary/aromatic N) is 1. The molecule has 1 unspecified atom stereocenters. The second-order valence-electron chi connectivity index (χ2n) is 5.62.